The number of rotatable bonds is 9. The Balaban J connectivity index is 1.31. The minimum absolute atomic E-state index is 0.0121. The monoisotopic (exact) mass is 695 g/mol. The van der Waals surface area contributed by atoms with Gasteiger partial charge in [0.1, 0.15) is 22.7 Å². The average molecular weight is 696 g/mol. The fraction of sp³-hybridized carbons (Fsp3) is 0.263. The van der Waals surface area contributed by atoms with Crippen LogP contribution in [0.2, 0.25) is 0 Å². The number of nitrogens with zero attached hydrogens (tertiary/aromatic N) is 3. The summed E-state index contributed by atoms with van der Waals surface area (Å²) in [6, 6.07) is 13.7. The third-order valence-corrected chi connectivity index (χ3v) is 8.57. The molecule has 3 aromatic carbocycles. The van der Waals surface area contributed by atoms with Crippen molar-refractivity contribution >= 4 is 29.2 Å². The van der Waals surface area contributed by atoms with E-state index in [9.17, 15) is 33.1 Å². The first-order valence-electron chi connectivity index (χ1n) is 16.3. The summed E-state index contributed by atoms with van der Waals surface area (Å²) in [5.41, 5.74) is 2.85. The molecule has 0 aliphatic heterocycles. The van der Waals surface area contributed by atoms with Crippen LogP contribution in [0.4, 0.5) is 8.78 Å². The summed E-state index contributed by atoms with van der Waals surface area (Å²) in [5, 5.41) is 19.8. The molecule has 0 bridgehead atoms. The van der Waals surface area contributed by atoms with E-state index in [1.807, 2.05) is 6.92 Å². The molecule has 1 aliphatic rings. The maximum absolute atomic E-state index is 14.0. The Morgan fingerprint density at radius 1 is 0.961 bits per heavy atom. The second kappa shape index (κ2) is 13.7. The number of benzene rings is 3. The molecule has 2 aromatic heterocycles. The van der Waals surface area contributed by atoms with E-state index in [-0.39, 0.29) is 46.9 Å². The average Bonchev–Trinajstić information content (AvgIpc) is 3.69. The van der Waals surface area contributed by atoms with Crippen molar-refractivity contribution in [3.8, 4) is 5.75 Å². The number of hydrogen-bond acceptors (Lipinski definition) is 8. The highest BCUT2D eigenvalue weighted by molar-refractivity contribution is 6.04. The lowest BCUT2D eigenvalue weighted by molar-refractivity contribution is 0.00682. The zero-order chi connectivity index (χ0) is 36.6. The zero-order valence-corrected chi connectivity index (χ0v) is 28.3. The number of halogens is 2. The number of Topliss-reactive ketones (excluding diaryl/α,β-unsaturated/α-hetero) is 1. The van der Waals surface area contributed by atoms with Crippen molar-refractivity contribution in [2.75, 3.05) is 0 Å². The van der Waals surface area contributed by atoms with Crippen LogP contribution < -0.4 is 10.6 Å². The maximum atomic E-state index is 14.0. The quantitative estimate of drug-likeness (QED) is 0.130. The number of ketones is 1. The number of phenolic OH excluding ortho intramolecular Hbond substituents is 1. The van der Waals surface area contributed by atoms with Gasteiger partial charge in [0.05, 0.1) is 23.4 Å². The molecule has 0 saturated heterocycles. The standard InChI is InChI=1S/C38H35F2N5O6/c1-20-24-11-13-30(26(24)10-9-25(20)37(50)51-38(2,3)4)44-36(49)32-17-31(35(48)41-18-22-8-12-28(39)29(40)15-22)43-34-27(19-42-45(32)34)33(47)16-21-6-5-7-23(46)14-21/h5-10,12,14-15,17,19,30,46H,11,13,16,18H2,1-4H3,(H,41,48)(H,44,49)/t30-/m0/s1. The zero-order valence-electron chi connectivity index (χ0n) is 28.3. The predicted molar refractivity (Wildman–Crippen MR) is 182 cm³/mol. The van der Waals surface area contributed by atoms with Gasteiger partial charge < -0.3 is 20.5 Å². The van der Waals surface area contributed by atoms with Gasteiger partial charge in [0, 0.05) is 19.0 Å². The topological polar surface area (TPSA) is 152 Å². The van der Waals surface area contributed by atoms with Gasteiger partial charge in [0.2, 0.25) is 0 Å². The number of aromatic hydroxyl groups is 1. The Morgan fingerprint density at radius 3 is 2.47 bits per heavy atom. The molecule has 262 valence electrons. The van der Waals surface area contributed by atoms with Crippen molar-refractivity contribution in [1.29, 1.82) is 0 Å². The van der Waals surface area contributed by atoms with Gasteiger partial charge >= 0.3 is 5.97 Å². The van der Waals surface area contributed by atoms with E-state index in [1.165, 1.54) is 35.0 Å². The van der Waals surface area contributed by atoms with Gasteiger partial charge in [-0.25, -0.2) is 23.1 Å². The smallest absolute Gasteiger partial charge is 0.338 e. The highest BCUT2D eigenvalue weighted by atomic mass is 19.2. The van der Waals surface area contributed by atoms with E-state index in [0.717, 1.165) is 28.8 Å². The summed E-state index contributed by atoms with van der Waals surface area (Å²) >= 11 is 0. The van der Waals surface area contributed by atoms with E-state index in [1.54, 1.807) is 45.0 Å². The second-order valence-corrected chi connectivity index (χ2v) is 13.4. The number of phenols is 1. The number of amides is 2. The fourth-order valence-corrected chi connectivity index (χ4v) is 6.12. The predicted octanol–water partition coefficient (Wildman–Crippen LogP) is 5.75. The molecule has 0 fully saturated rings. The normalized spacial score (nSPS) is 13.9. The third-order valence-electron chi connectivity index (χ3n) is 8.57. The van der Waals surface area contributed by atoms with E-state index in [0.29, 0.717) is 24.0 Å². The molecule has 0 spiro atoms. The molecule has 13 heteroatoms. The van der Waals surface area contributed by atoms with Crippen LogP contribution in [-0.2, 0) is 24.1 Å². The Labute approximate surface area is 291 Å². The first-order valence-corrected chi connectivity index (χ1v) is 16.3. The molecule has 6 rings (SSSR count). The number of fused-ring (bicyclic) bond motifs is 2. The lowest BCUT2D eigenvalue weighted by Gasteiger charge is -2.21. The van der Waals surface area contributed by atoms with Crippen LogP contribution in [0, 0.1) is 18.6 Å². The summed E-state index contributed by atoms with van der Waals surface area (Å²) in [6.45, 7) is 7.06. The molecule has 2 heterocycles. The van der Waals surface area contributed by atoms with Crippen LogP contribution in [0.1, 0.15) is 103 Å². The van der Waals surface area contributed by atoms with Crippen molar-refractivity contribution in [3.63, 3.8) is 0 Å². The number of carbonyl (C=O) groups is 4. The molecule has 3 N–H and O–H groups in total. The minimum atomic E-state index is -1.07. The summed E-state index contributed by atoms with van der Waals surface area (Å²) in [5.74, 6) is -4.30. The van der Waals surface area contributed by atoms with E-state index in [4.69, 9.17) is 4.74 Å². The van der Waals surface area contributed by atoms with Crippen molar-refractivity contribution in [3.05, 3.63) is 129 Å². The number of aromatic nitrogens is 3. The molecular formula is C38H35F2N5O6. The first kappa shape index (κ1) is 34.9. The van der Waals surface area contributed by atoms with Gasteiger partial charge in [0.15, 0.2) is 23.1 Å². The maximum Gasteiger partial charge on any atom is 0.338 e. The van der Waals surface area contributed by atoms with Crippen LogP contribution >= 0.6 is 0 Å². The fourth-order valence-electron chi connectivity index (χ4n) is 6.12. The molecule has 51 heavy (non-hydrogen) atoms. The van der Waals surface area contributed by atoms with E-state index in [2.05, 4.69) is 20.7 Å². The minimum Gasteiger partial charge on any atom is -0.508 e. The summed E-state index contributed by atoms with van der Waals surface area (Å²) in [4.78, 5) is 58.1. The Morgan fingerprint density at radius 2 is 1.75 bits per heavy atom. The molecule has 11 nitrogen and oxygen atoms in total. The van der Waals surface area contributed by atoms with E-state index >= 15 is 0 Å². The molecule has 5 aromatic rings. The van der Waals surface area contributed by atoms with Gasteiger partial charge in [-0.15, -0.1) is 0 Å². The van der Waals surface area contributed by atoms with Crippen LogP contribution in [0.5, 0.6) is 5.75 Å². The second-order valence-electron chi connectivity index (χ2n) is 13.4. The number of nitrogens with one attached hydrogen (secondary N) is 2. The lowest BCUT2D eigenvalue weighted by Crippen LogP contribution is -2.31. The van der Waals surface area contributed by atoms with Crippen LogP contribution in [-0.4, -0.2) is 48.9 Å². The van der Waals surface area contributed by atoms with Crippen molar-refractivity contribution in [2.45, 2.75) is 65.1 Å². The molecule has 1 atom stereocenters. The van der Waals surface area contributed by atoms with E-state index < -0.39 is 46.8 Å². The highest BCUT2D eigenvalue weighted by Gasteiger charge is 2.30. The molecular weight excluding hydrogens is 660 g/mol. The lowest BCUT2D eigenvalue weighted by atomic mass is 9.97. The van der Waals surface area contributed by atoms with Gasteiger partial charge in [-0.3, -0.25) is 14.4 Å². The van der Waals surface area contributed by atoms with Crippen LogP contribution in [0.15, 0.2) is 66.9 Å². The van der Waals surface area contributed by atoms with Crippen molar-refractivity contribution in [2.24, 2.45) is 0 Å². The Hall–Kier alpha value is -5.98. The van der Waals surface area contributed by atoms with Gasteiger partial charge in [-0.2, -0.15) is 5.10 Å². The number of ether oxygens (including phenoxy) is 1. The summed E-state index contributed by atoms with van der Waals surface area (Å²) in [6.07, 6.45) is 2.29. The number of carbonyl (C=O) groups excluding carboxylic acids is 4. The molecule has 2 amide bonds. The SMILES string of the molecule is Cc1c(C(=O)OC(C)(C)C)ccc2c1CC[C@@H]2NC(=O)c1cc(C(=O)NCc2ccc(F)c(F)c2)nc2c(C(=O)Cc3cccc(O)c3)cnn12. The van der Waals surface area contributed by atoms with Crippen molar-refractivity contribution in [1.82, 2.24) is 25.2 Å². The van der Waals surface area contributed by atoms with Gasteiger partial charge in [-0.05, 0) is 98.7 Å². The number of esters is 1. The van der Waals surface area contributed by atoms with Gasteiger partial charge in [0.25, 0.3) is 11.8 Å². The first-order chi connectivity index (χ1) is 24.2. The van der Waals surface area contributed by atoms with Crippen molar-refractivity contribution < 1.29 is 37.8 Å². The third kappa shape index (κ3) is 7.47. The van der Waals surface area contributed by atoms with Gasteiger partial charge in [-0.1, -0.05) is 24.3 Å². The summed E-state index contributed by atoms with van der Waals surface area (Å²) in [7, 11) is 0. The largest absolute Gasteiger partial charge is 0.508 e. The Kier molecular flexibility index (Phi) is 9.39. The molecule has 0 radical (unpaired) electrons. The van der Waals surface area contributed by atoms with Crippen LogP contribution in [0.25, 0.3) is 5.65 Å². The molecule has 1 aliphatic carbocycles. The number of hydrogen-bond donors (Lipinski definition) is 3. The van der Waals surface area contributed by atoms with Crippen LogP contribution in [0.3, 0.4) is 0 Å². The molecule has 0 saturated carbocycles. The summed E-state index contributed by atoms with van der Waals surface area (Å²) < 4.78 is 34.0. The Bertz CT molecular complexity index is 2220. The highest BCUT2D eigenvalue weighted by Crippen LogP contribution is 2.35. The molecule has 0 unspecified atom stereocenters.